The van der Waals surface area contributed by atoms with E-state index in [0.29, 0.717) is 0 Å². The molecule has 5 nitrogen and oxygen atoms in total. The van der Waals surface area contributed by atoms with E-state index in [1.165, 1.54) is 0 Å². The van der Waals surface area contributed by atoms with Crippen LogP contribution in [0.15, 0.2) is 5.16 Å². The molecule has 0 aliphatic carbocycles. The molecule has 1 rings (SSSR count). The summed E-state index contributed by atoms with van der Waals surface area (Å²) < 4.78 is 41.2. The zero-order chi connectivity index (χ0) is 11.6. The topological polar surface area (TPSA) is 71.3 Å². The first-order valence-corrected chi connectivity index (χ1v) is 4.16. The smallest absolute Gasteiger partial charge is 0.384 e. The van der Waals surface area contributed by atoms with Gasteiger partial charge < -0.3 is 19.8 Å². The van der Waals surface area contributed by atoms with E-state index in [0.717, 1.165) is 0 Å². The Labute approximate surface area is 83.1 Å². The van der Waals surface area contributed by atoms with Gasteiger partial charge in [-0.25, -0.2) is 0 Å². The van der Waals surface area contributed by atoms with Crippen molar-refractivity contribution in [1.29, 1.82) is 0 Å². The van der Waals surface area contributed by atoms with E-state index in [1.54, 1.807) is 6.92 Å². The van der Waals surface area contributed by atoms with Gasteiger partial charge in [-0.1, -0.05) is 5.16 Å². The summed E-state index contributed by atoms with van der Waals surface area (Å²) in [5.74, 6) is 0. The summed E-state index contributed by atoms with van der Waals surface area (Å²) in [5.41, 5.74) is -1.56. The predicted molar refractivity (Wildman–Crippen MR) is 42.0 cm³/mol. The van der Waals surface area contributed by atoms with E-state index in [-0.39, 0.29) is 6.61 Å². The van der Waals surface area contributed by atoms with Crippen molar-refractivity contribution >= 4 is 5.71 Å². The van der Waals surface area contributed by atoms with E-state index in [1.807, 2.05) is 0 Å². The molecule has 0 bridgehead atoms. The molecular weight excluding hydrogens is 219 g/mol. The lowest BCUT2D eigenvalue weighted by molar-refractivity contribution is -0.222. The molecule has 1 aliphatic heterocycles. The largest absolute Gasteiger partial charge is 0.435 e. The van der Waals surface area contributed by atoms with Crippen LogP contribution in [0.25, 0.3) is 0 Å². The molecule has 0 aromatic carbocycles. The Hall–Kier alpha value is -0.860. The van der Waals surface area contributed by atoms with Crippen molar-refractivity contribution in [2.75, 3.05) is 6.61 Å². The van der Waals surface area contributed by atoms with Crippen LogP contribution in [0.4, 0.5) is 13.2 Å². The van der Waals surface area contributed by atoms with Gasteiger partial charge in [0, 0.05) is 6.61 Å². The number of ether oxygens (including phenoxy) is 1. The monoisotopic (exact) mass is 229 g/mol. The fraction of sp³-hybridized carbons (Fsp3) is 0.857. The maximum atomic E-state index is 12.2. The number of oxime groups is 1. The highest BCUT2D eigenvalue weighted by molar-refractivity contribution is 5.93. The Morgan fingerprint density at radius 3 is 2.53 bits per heavy atom. The van der Waals surface area contributed by atoms with Crippen LogP contribution in [0.3, 0.4) is 0 Å². The van der Waals surface area contributed by atoms with Crippen LogP contribution in [0.1, 0.15) is 6.92 Å². The number of hydrogen-bond acceptors (Lipinski definition) is 5. The van der Waals surface area contributed by atoms with Gasteiger partial charge in [-0.3, -0.25) is 0 Å². The number of alkyl halides is 3. The van der Waals surface area contributed by atoms with Crippen LogP contribution < -0.4 is 0 Å². The number of rotatable bonds is 2. The second-order valence-electron chi connectivity index (χ2n) is 2.84. The lowest BCUT2D eigenvalue weighted by atomic mass is 10.1. The third-order valence-electron chi connectivity index (χ3n) is 1.76. The molecule has 2 N–H and O–H groups in total. The number of hydrogen-bond donors (Lipinski definition) is 2. The summed E-state index contributed by atoms with van der Waals surface area (Å²) in [7, 11) is 0. The van der Waals surface area contributed by atoms with Crippen molar-refractivity contribution in [3.8, 4) is 0 Å². The van der Waals surface area contributed by atoms with Gasteiger partial charge in [0.1, 0.15) is 6.10 Å². The molecule has 15 heavy (non-hydrogen) atoms. The number of aliphatic hydroxyl groups excluding tert-OH is 2. The van der Waals surface area contributed by atoms with E-state index < -0.39 is 30.4 Å². The molecule has 1 heterocycles. The maximum Gasteiger partial charge on any atom is 0.435 e. The van der Waals surface area contributed by atoms with E-state index in [4.69, 9.17) is 9.84 Å². The molecule has 0 fully saturated rings. The van der Waals surface area contributed by atoms with Gasteiger partial charge in [-0.15, -0.1) is 0 Å². The number of nitrogens with zero attached hydrogens (tertiary/aromatic N) is 1. The lowest BCUT2D eigenvalue weighted by Gasteiger charge is -2.30. The van der Waals surface area contributed by atoms with Gasteiger partial charge in [-0.2, -0.15) is 13.2 Å². The van der Waals surface area contributed by atoms with Crippen LogP contribution in [0.2, 0.25) is 0 Å². The molecule has 0 saturated carbocycles. The summed E-state index contributed by atoms with van der Waals surface area (Å²) in [6.45, 7) is 1.68. The summed E-state index contributed by atoms with van der Waals surface area (Å²) in [4.78, 5) is 4.28. The highest BCUT2D eigenvalue weighted by Crippen LogP contribution is 2.26. The van der Waals surface area contributed by atoms with Gasteiger partial charge in [0.25, 0.3) is 6.29 Å². The first-order valence-electron chi connectivity index (χ1n) is 4.16. The second kappa shape index (κ2) is 4.33. The first kappa shape index (κ1) is 12.2. The van der Waals surface area contributed by atoms with Crippen LogP contribution >= 0.6 is 0 Å². The number of halogens is 3. The normalized spacial score (nSPS) is 32.1. The fourth-order valence-electron chi connectivity index (χ4n) is 1.05. The molecule has 0 radical (unpaired) electrons. The van der Waals surface area contributed by atoms with Crippen LogP contribution in [0, 0.1) is 0 Å². The summed E-state index contributed by atoms with van der Waals surface area (Å²) in [6, 6.07) is 0. The molecule has 0 spiro atoms. The quantitative estimate of drug-likeness (QED) is 0.700. The third kappa shape index (κ3) is 2.58. The van der Waals surface area contributed by atoms with Crippen LogP contribution in [-0.2, 0) is 9.57 Å². The fourth-order valence-corrected chi connectivity index (χ4v) is 1.05. The minimum atomic E-state index is -4.84. The van der Waals surface area contributed by atoms with Crippen molar-refractivity contribution in [2.24, 2.45) is 5.16 Å². The Balaban J connectivity index is 2.80. The second-order valence-corrected chi connectivity index (χ2v) is 2.84. The van der Waals surface area contributed by atoms with Crippen molar-refractivity contribution < 1.29 is 33.0 Å². The molecular formula is C7H10F3NO4. The molecule has 0 aromatic heterocycles. The van der Waals surface area contributed by atoms with E-state index >= 15 is 0 Å². The van der Waals surface area contributed by atoms with Crippen molar-refractivity contribution in [2.45, 2.75) is 31.6 Å². The Kier molecular flexibility index (Phi) is 3.53. The van der Waals surface area contributed by atoms with Gasteiger partial charge in [0.15, 0.2) is 11.8 Å². The number of aliphatic hydroxyl groups is 2. The lowest BCUT2D eigenvalue weighted by Crippen LogP contribution is -2.52. The minimum absolute atomic E-state index is 0.116. The molecule has 1 aliphatic rings. The summed E-state index contributed by atoms with van der Waals surface area (Å²) in [5, 5.41) is 21.0. The molecule has 8 heteroatoms. The van der Waals surface area contributed by atoms with Crippen LogP contribution in [0.5, 0.6) is 0 Å². The highest BCUT2D eigenvalue weighted by Gasteiger charge is 2.49. The van der Waals surface area contributed by atoms with Crippen molar-refractivity contribution in [3.63, 3.8) is 0 Å². The Morgan fingerprint density at radius 1 is 1.47 bits per heavy atom. The van der Waals surface area contributed by atoms with Gasteiger partial charge in [0.2, 0.25) is 0 Å². The SMILES string of the molecule is CCO[C@H]1ON=C(C(F)(F)F)[C@H](O)[C@@H]1O. The van der Waals surface area contributed by atoms with E-state index in [9.17, 15) is 18.3 Å². The van der Waals surface area contributed by atoms with Crippen molar-refractivity contribution in [3.05, 3.63) is 0 Å². The molecule has 0 unspecified atom stereocenters. The average molecular weight is 229 g/mol. The molecule has 0 saturated heterocycles. The van der Waals surface area contributed by atoms with Gasteiger partial charge in [0.05, 0.1) is 0 Å². The molecule has 0 aromatic rings. The highest BCUT2D eigenvalue weighted by atomic mass is 19.4. The Bertz CT molecular complexity index is 255. The molecule has 3 atom stereocenters. The standard InChI is InChI=1S/C7H10F3NO4/c1-2-14-6-4(13)3(12)5(11-15-6)7(8,9)10/h3-4,6,12-13H,2H2,1H3/t3-,4+,6+/m1/s1. The average Bonchev–Trinajstić information content (AvgIpc) is 2.11. The molecule has 88 valence electrons. The van der Waals surface area contributed by atoms with Gasteiger partial charge in [-0.05, 0) is 6.92 Å². The minimum Gasteiger partial charge on any atom is -0.384 e. The third-order valence-corrected chi connectivity index (χ3v) is 1.76. The van der Waals surface area contributed by atoms with E-state index in [2.05, 4.69) is 9.99 Å². The predicted octanol–water partition coefficient (Wildman–Crippen LogP) is 0.0193. The maximum absolute atomic E-state index is 12.2. The zero-order valence-electron chi connectivity index (χ0n) is 7.73. The summed E-state index contributed by atoms with van der Waals surface area (Å²) in [6.07, 6.45) is -10.2. The molecule has 0 amide bonds. The summed E-state index contributed by atoms with van der Waals surface area (Å²) >= 11 is 0. The Morgan fingerprint density at radius 2 is 2.07 bits per heavy atom. The van der Waals surface area contributed by atoms with Gasteiger partial charge >= 0.3 is 6.18 Å². The zero-order valence-corrected chi connectivity index (χ0v) is 7.73. The van der Waals surface area contributed by atoms with Crippen LogP contribution in [-0.4, -0.2) is 47.2 Å². The first-order chi connectivity index (χ1) is 6.88. The van der Waals surface area contributed by atoms with Crippen molar-refractivity contribution in [1.82, 2.24) is 0 Å².